The van der Waals surface area contributed by atoms with Gasteiger partial charge in [-0.25, -0.2) is 0 Å². The van der Waals surface area contributed by atoms with Crippen LogP contribution < -0.4 is 4.74 Å². The molecule has 2 aromatic carbocycles. The largest absolute Gasteiger partial charge is 0.491 e. The smallest absolute Gasteiger partial charge is 0.119 e. The maximum Gasteiger partial charge on any atom is 0.119 e. The van der Waals surface area contributed by atoms with Crippen LogP contribution >= 0.6 is 0 Å². The molecule has 0 spiro atoms. The van der Waals surface area contributed by atoms with Gasteiger partial charge in [-0.15, -0.1) is 0 Å². The highest BCUT2D eigenvalue weighted by atomic mass is 16.5. The number of nitrogens with zero attached hydrogens (tertiary/aromatic N) is 2. The standard InChI is InChI=1S/C27H34N2O3/c1-26(2,3)21-8-10-24(11-9-21)32-19-23(30)18-29-14-12-27(31,13-15-29)22-16-20-6-4-5-7-25(20)28-17-22/h4-11,16-17,23,30-31H,12-15,18-19H2,1-3H3/t23-/m0/s1. The van der Waals surface area contributed by atoms with Crippen LogP contribution in [0.1, 0.15) is 44.7 Å². The number of hydrogen-bond acceptors (Lipinski definition) is 5. The minimum Gasteiger partial charge on any atom is -0.491 e. The fraction of sp³-hybridized carbons (Fsp3) is 0.444. The first kappa shape index (κ1) is 22.7. The third-order valence-electron chi connectivity index (χ3n) is 6.44. The summed E-state index contributed by atoms with van der Waals surface area (Å²) in [5.41, 5.74) is 2.31. The molecule has 3 aromatic rings. The van der Waals surface area contributed by atoms with Crippen molar-refractivity contribution in [2.45, 2.75) is 50.7 Å². The predicted molar refractivity (Wildman–Crippen MR) is 128 cm³/mol. The minimum atomic E-state index is -0.871. The number of fused-ring (bicyclic) bond motifs is 1. The third-order valence-corrected chi connectivity index (χ3v) is 6.44. The Balaban J connectivity index is 1.27. The number of aliphatic hydroxyl groups excluding tert-OH is 1. The molecule has 0 bridgehead atoms. The zero-order chi connectivity index (χ0) is 22.8. The molecule has 2 heterocycles. The second-order valence-corrected chi connectivity index (χ2v) is 9.99. The van der Waals surface area contributed by atoms with Gasteiger partial charge in [-0.05, 0) is 48.1 Å². The molecule has 0 saturated carbocycles. The number of aliphatic hydroxyl groups is 2. The molecule has 5 heteroatoms. The first-order valence-corrected chi connectivity index (χ1v) is 11.4. The summed E-state index contributed by atoms with van der Waals surface area (Å²) in [5.74, 6) is 0.772. The lowest BCUT2D eigenvalue weighted by molar-refractivity contribution is -0.0373. The highest BCUT2D eigenvalue weighted by Gasteiger charge is 2.34. The number of pyridine rings is 1. The van der Waals surface area contributed by atoms with Crippen LogP contribution in [0.4, 0.5) is 0 Å². The van der Waals surface area contributed by atoms with Crippen LogP contribution in [-0.4, -0.2) is 52.4 Å². The molecule has 5 nitrogen and oxygen atoms in total. The Morgan fingerprint density at radius 2 is 1.75 bits per heavy atom. The molecule has 1 aliphatic heterocycles. The number of para-hydroxylation sites is 1. The van der Waals surface area contributed by atoms with Gasteiger partial charge in [-0.3, -0.25) is 4.98 Å². The maximum atomic E-state index is 11.2. The molecule has 0 radical (unpaired) electrons. The van der Waals surface area contributed by atoms with Crippen LogP contribution in [0.3, 0.4) is 0 Å². The average molecular weight is 435 g/mol. The van der Waals surface area contributed by atoms with Gasteiger partial charge < -0.3 is 19.8 Å². The first-order valence-electron chi connectivity index (χ1n) is 11.4. The van der Waals surface area contributed by atoms with E-state index in [1.165, 1.54) is 5.56 Å². The van der Waals surface area contributed by atoms with E-state index in [1.807, 2.05) is 42.5 Å². The van der Waals surface area contributed by atoms with Gasteiger partial charge in [0.05, 0.1) is 11.1 Å². The van der Waals surface area contributed by atoms with E-state index in [9.17, 15) is 10.2 Å². The zero-order valence-electron chi connectivity index (χ0n) is 19.3. The van der Waals surface area contributed by atoms with Crippen molar-refractivity contribution in [2.24, 2.45) is 0 Å². The number of hydrogen-bond donors (Lipinski definition) is 2. The maximum absolute atomic E-state index is 11.2. The Morgan fingerprint density at radius 1 is 1.06 bits per heavy atom. The predicted octanol–water partition coefficient (Wildman–Crippen LogP) is 4.26. The lowest BCUT2D eigenvalue weighted by Crippen LogP contribution is -2.46. The molecule has 0 amide bonds. The molecule has 1 aromatic heterocycles. The number of likely N-dealkylation sites (tertiary alicyclic amines) is 1. The van der Waals surface area contributed by atoms with E-state index in [1.54, 1.807) is 6.20 Å². The number of benzene rings is 2. The molecule has 32 heavy (non-hydrogen) atoms. The van der Waals surface area contributed by atoms with Crippen molar-refractivity contribution in [1.29, 1.82) is 0 Å². The monoisotopic (exact) mass is 434 g/mol. The van der Waals surface area contributed by atoms with Gasteiger partial charge in [0.1, 0.15) is 18.5 Å². The van der Waals surface area contributed by atoms with E-state index in [2.05, 4.69) is 42.8 Å². The van der Waals surface area contributed by atoms with Crippen LogP contribution in [0.15, 0.2) is 60.8 Å². The van der Waals surface area contributed by atoms with Gasteiger partial charge >= 0.3 is 0 Å². The van der Waals surface area contributed by atoms with Crippen LogP contribution in [0.5, 0.6) is 5.75 Å². The van der Waals surface area contributed by atoms with Crippen molar-refractivity contribution in [1.82, 2.24) is 9.88 Å². The van der Waals surface area contributed by atoms with Crippen LogP contribution in [-0.2, 0) is 11.0 Å². The molecule has 1 saturated heterocycles. The van der Waals surface area contributed by atoms with E-state index < -0.39 is 11.7 Å². The Hall–Kier alpha value is -2.47. The minimum absolute atomic E-state index is 0.108. The topological polar surface area (TPSA) is 65.8 Å². The summed E-state index contributed by atoms with van der Waals surface area (Å²) >= 11 is 0. The van der Waals surface area contributed by atoms with Gasteiger partial charge in [-0.2, -0.15) is 0 Å². The highest BCUT2D eigenvalue weighted by Crippen LogP contribution is 2.33. The number of ether oxygens (including phenoxy) is 1. The molecule has 1 atom stereocenters. The second-order valence-electron chi connectivity index (χ2n) is 9.99. The Labute approximate surface area is 190 Å². The van der Waals surface area contributed by atoms with Crippen LogP contribution in [0.25, 0.3) is 10.9 Å². The molecule has 2 N–H and O–H groups in total. The summed E-state index contributed by atoms with van der Waals surface area (Å²) in [6.45, 7) is 8.78. The summed E-state index contributed by atoms with van der Waals surface area (Å²) in [6.07, 6.45) is 2.46. The van der Waals surface area contributed by atoms with Crippen molar-refractivity contribution in [3.05, 3.63) is 71.9 Å². The zero-order valence-corrected chi connectivity index (χ0v) is 19.3. The molecular formula is C27H34N2O3. The highest BCUT2D eigenvalue weighted by molar-refractivity contribution is 5.78. The number of aromatic nitrogens is 1. The lowest BCUT2D eigenvalue weighted by Gasteiger charge is -2.39. The Morgan fingerprint density at radius 3 is 2.44 bits per heavy atom. The van der Waals surface area contributed by atoms with Crippen molar-refractivity contribution >= 4 is 10.9 Å². The van der Waals surface area contributed by atoms with E-state index in [0.717, 1.165) is 35.3 Å². The summed E-state index contributed by atoms with van der Waals surface area (Å²) in [5, 5.41) is 22.7. The molecule has 0 unspecified atom stereocenters. The summed E-state index contributed by atoms with van der Waals surface area (Å²) in [4.78, 5) is 6.70. The summed E-state index contributed by atoms with van der Waals surface area (Å²) in [6, 6.07) is 18.1. The van der Waals surface area contributed by atoms with E-state index in [-0.39, 0.29) is 12.0 Å². The number of β-amino-alcohol motifs (C(OH)–C–C–N with tert-alkyl or cyclic N) is 1. The fourth-order valence-electron chi connectivity index (χ4n) is 4.31. The van der Waals surface area contributed by atoms with Crippen molar-refractivity contribution in [3.8, 4) is 5.75 Å². The van der Waals surface area contributed by atoms with Crippen molar-refractivity contribution < 1.29 is 14.9 Å². The quantitative estimate of drug-likeness (QED) is 0.607. The first-order chi connectivity index (χ1) is 15.2. The van der Waals surface area contributed by atoms with E-state index in [0.29, 0.717) is 19.4 Å². The second kappa shape index (κ2) is 9.18. The normalized spacial score (nSPS) is 17.9. The lowest BCUT2D eigenvalue weighted by atomic mass is 9.84. The van der Waals surface area contributed by atoms with Crippen LogP contribution in [0, 0.1) is 0 Å². The third kappa shape index (κ3) is 5.29. The fourth-order valence-corrected chi connectivity index (χ4v) is 4.31. The Kier molecular flexibility index (Phi) is 6.52. The molecule has 0 aliphatic carbocycles. The van der Waals surface area contributed by atoms with Gasteiger partial charge in [0, 0.05) is 36.8 Å². The number of rotatable bonds is 6. The van der Waals surface area contributed by atoms with Gasteiger partial charge in [0.2, 0.25) is 0 Å². The molecular weight excluding hydrogens is 400 g/mol. The summed E-state index contributed by atoms with van der Waals surface area (Å²) < 4.78 is 5.79. The average Bonchev–Trinajstić information content (AvgIpc) is 2.79. The molecule has 170 valence electrons. The molecule has 4 rings (SSSR count). The van der Waals surface area contributed by atoms with Crippen molar-refractivity contribution in [3.63, 3.8) is 0 Å². The summed E-state index contributed by atoms with van der Waals surface area (Å²) in [7, 11) is 0. The molecule has 1 aliphatic rings. The Bertz CT molecular complexity index is 1030. The number of piperidine rings is 1. The van der Waals surface area contributed by atoms with Gasteiger partial charge in [-0.1, -0.05) is 51.1 Å². The van der Waals surface area contributed by atoms with Gasteiger partial charge in [0.25, 0.3) is 0 Å². The molecule has 1 fully saturated rings. The van der Waals surface area contributed by atoms with Crippen LogP contribution in [0.2, 0.25) is 0 Å². The van der Waals surface area contributed by atoms with Gasteiger partial charge in [0.15, 0.2) is 0 Å². The SMILES string of the molecule is CC(C)(C)c1ccc(OC[C@@H](O)CN2CCC(O)(c3cnc4ccccc4c3)CC2)cc1. The van der Waals surface area contributed by atoms with E-state index in [4.69, 9.17) is 4.74 Å². The van der Waals surface area contributed by atoms with Crippen molar-refractivity contribution in [2.75, 3.05) is 26.2 Å². The van der Waals surface area contributed by atoms with E-state index >= 15 is 0 Å².